The van der Waals surface area contributed by atoms with E-state index in [0.717, 1.165) is 20.8 Å². The Morgan fingerprint density at radius 2 is 2.00 bits per heavy atom. The van der Waals surface area contributed by atoms with Gasteiger partial charge < -0.3 is 4.98 Å². The van der Waals surface area contributed by atoms with Gasteiger partial charge in [0.2, 0.25) is 0 Å². The highest BCUT2D eigenvalue weighted by molar-refractivity contribution is 14.1. The van der Waals surface area contributed by atoms with Gasteiger partial charge in [-0.15, -0.1) is 0 Å². The van der Waals surface area contributed by atoms with Crippen LogP contribution in [0.4, 0.5) is 8.78 Å². The van der Waals surface area contributed by atoms with Gasteiger partial charge >= 0.3 is 0 Å². The maximum Gasteiger partial charge on any atom is 0.153 e. The van der Waals surface area contributed by atoms with Crippen LogP contribution in [0, 0.1) is 22.1 Å². The first kappa shape index (κ1) is 12.5. The Bertz CT molecular complexity index is 780. The van der Waals surface area contributed by atoms with Crippen molar-refractivity contribution in [1.29, 1.82) is 0 Å². The number of nitrogens with one attached hydrogen (secondary N) is 1. The summed E-state index contributed by atoms with van der Waals surface area (Å²) in [5.74, 6) is -0.716. The SMILES string of the molecule is Cc1cccc(-c2nc3c(F)cc(F)cc3[nH]2)c1I. The fourth-order valence-electron chi connectivity index (χ4n) is 2.00. The molecule has 0 aliphatic carbocycles. The molecule has 1 heterocycles. The summed E-state index contributed by atoms with van der Waals surface area (Å²) in [7, 11) is 0. The highest BCUT2D eigenvalue weighted by Gasteiger charge is 2.13. The van der Waals surface area contributed by atoms with Crippen molar-refractivity contribution in [1.82, 2.24) is 9.97 Å². The molecular formula is C14H9F2IN2. The minimum atomic E-state index is -0.653. The van der Waals surface area contributed by atoms with Crippen LogP contribution >= 0.6 is 22.6 Å². The van der Waals surface area contributed by atoms with Crippen LogP contribution in [0.15, 0.2) is 30.3 Å². The van der Waals surface area contributed by atoms with E-state index in [1.807, 2.05) is 25.1 Å². The summed E-state index contributed by atoms with van der Waals surface area (Å²) in [4.78, 5) is 7.19. The summed E-state index contributed by atoms with van der Waals surface area (Å²) < 4.78 is 27.8. The normalized spacial score (nSPS) is 11.2. The zero-order valence-electron chi connectivity index (χ0n) is 9.97. The molecule has 0 aliphatic rings. The number of benzene rings is 2. The molecule has 0 fully saturated rings. The van der Waals surface area contributed by atoms with Crippen molar-refractivity contribution < 1.29 is 8.78 Å². The highest BCUT2D eigenvalue weighted by atomic mass is 127. The molecule has 0 radical (unpaired) electrons. The first-order chi connectivity index (χ1) is 9.06. The molecule has 5 heteroatoms. The van der Waals surface area contributed by atoms with Crippen LogP contribution in [0.1, 0.15) is 5.56 Å². The van der Waals surface area contributed by atoms with Crippen molar-refractivity contribution in [2.24, 2.45) is 0 Å². The quantitative estimate of drug-likeness (QED) is 0.632. The predicted molar refractivity (Wildman–Crippen MR) is 78.9 cm³/mol. The number of hydrogen-bond donors (Lipinski definition) is 1. The Hall–Kier alpha value is -1.50. The van der Waals surface area contributed by atoms with E-state index in [9.17, 15) is 8.78 Å². The summed E-state index contributed by atoms with van der Waals surface area (Å²) in [6.45, 7) is 1.99. The maximum absolute atomic E-state index is 13.6. The van der Waals surface area contributed by atoms with Crippen molar-refractivity contribution in [2.45, 2.75) is 6.92 Å². The molecule has 0 saturated carbocycles. The molecular weight excluding hydrogens is 361 g/mol. The van der Waals surface area contributed by atoms with Gasteiger partial charge in [0.25, 0.3) is 0 Å². The Morgan fingerprint density at radius 3 is 2.79 bits per heavy atom. The summed E-state index contributed by atoms with van der Waals surface area (Å²) >= 11 is 2.22. The van der Waals surface area contributed by atoms with Crippen molar-refractivity contribution in [2.75, 3.05) is 0 Å². The minimum Gasteiger partial charge on any atom is -0.338 e. The van der Waals surface area contributed by atoms with Gasteiger partial charge in [0, 0.05) is 15.2 Å². The van der Waals surface area contributed by atoms with Gasteiger partial charge in [0.1, 0.15) is 17.2 Å². The summed E-state index contributed by atoms with van der Waals surface area (Å²) in [5.41, 5.74) is 2.53. The number of aryl methyl sites for hydroxylation is 1. The highest BCUT2D eigenvalue weighted by Crippen LogP contribution is 2.28. The number of aromatic nitrogens is 2. The molecule has 2 nitrogen and oxygen atoms in total. The Kier molecular flexibility index (Phi) is 3.00. The summed E-state index contributed by atoms with van der Waals surface area (Å²) in [6, 6.07) is 7.90. The molecule has 0 amide bonds. The third kappa shape index (κ3) is 2.11. The average molecular weight is 370 g/mol. The van der Waals surface area contributed by atoms with Crippen LogP contribution in [-0.4, -0.2) is 9.97 Å². The van der Waals surface area contributed by atoms with E-state index in [0.29, 0.717) is 11.3 Å². The fourth-order valence-corrected chi connectivity index (χ4v) is 2.62. The van der Waals surface area contributed by atoms with Crippen LogP contribution in [0.3, 0.4) is 0 Å². The zero-order valence-corrected chi connectivity index (χ0v) is 12.1. The van der Waals surface area contributed by atoms with Crippen LogP contribution < -0.4 is 0 Å². The number of nitrogens with zero attached hydrogens (tertiary/aromatic N) is 1. The largest absolute Gasteiger partial charge is 0.338 e. The lowest BCUT2D eigenvalue weighted by molar-refractivity contribution is 0.591. The van der Waals surface area contributed by atoms with Crippen LogP contribution in [-0.2, 0) is 0 Å². The number of aromatic amines is 1. The number of rotatable bonds is 1. The third-order valence-corrected chi connectivity index (χ3v) is 4.38. The summed E-state index contributed by atoms with van der Waals surface area (Å²) in [5, 5.41) is 0. The van der Waals surface area contributed by atoms with Crippen molar-refractivity contribution >= 4 is 33.6 Å². The molecule has 0 bridgehead atoms. The fraction of sp³-hybridized carbons (Fsp3) is 0.0714. The lowest BCUT2D eigenvalue weighted by Crippen LogP contribution is -1.88. The molecule has 96 valence electrons. The maximum atomic E-state index is 13.6. The van der Waals surface area contributed by atoms with Gasteiger partial charge in [-0.1, -0.05) is 18.2 Å². The molecule has 0 spiro atoms. The van der Waals surface area contributed by atoms with E-state index in [-0.39, 0.29) is 5.52 Å². The molecule has 1 N–H and O–H groups in total. The van der Waals surface area contributed by atoms with Crippen LogP contribution in [0.2, 0.25) is 0 Å². The predicted octanol–water partition coefficient (Wildman–Crippen LogP) is 4.42. The van der Waals surface area contributed by atoms with E-state index < -0.39 is 11.6 Å². The van der Waals surface area contributed by atoms with Gasteiger partial charge in [-0.05, 0) is 41.1 Å². The lowest BCUT2D eigenvalue weighted by Gasteiger charge is -2.03. The van der Waals surface area contributed by atoms with Gasteiger partial charge in [-0.3, -0.25) is 0 Å². The topological polar surface area (TPSA) is 28.7 Å². The number of halogens is 3. The van der Waals surface area contributed by atoms with Gasteiger partial charge in [-0.2, -0.15) is 0 Å². The van der Waals surface area contributed by atoms with E-state index in [2.05, 4.69) is 32.6 Å². The average Bonchev–Trinajstić information content (AvgIpc) is 2.76. The lowest BCUT2D eigenvalue weighted by atomic mass is 10.1. The molecule has 0 saturated heterocycles. The molecule has 3 rings (SSSR count). The van der Waals surface area contributed by atoms with Gasteiger partial charge in [0.15, 0.2) is 5.82 Å². The first-order valence-corrected chi connectivity index (χ1v) is 6.74. The third-order valence-electron chi connectivity index (χ3n) is 2.95. The van der Waals surface area contributed by atoms with Gasteiger partial charge in [0.05, 0.1) is 5.52 Å². The second-order valence-electron chi connectivity index (χ2n) is 4.31. The van der Waals surface area contributed by atoms with Crippen LogP contribution in [0.5, 0.6) is 0 Å². The second-order valence-corrected chi connectivity index (χ2v) is 5.38. The standard InChI is InChI=1S/C14H9F2IN2/c1-7-3-2-4-9(12(7)17)14-18-11-6-8(15)5-10(16)13(11)19-14/h2-6H,1H3,(H,18,19). The van der Waals surface area contributed by atoms with E-state index in [4.69, 9.17) is 0 Å². The summed E-state index contributed by atoms with van der Waals surface area (Å²) in [6.07, 6.45) is 0. The van der Waals surface area contributed by atoms with Crippen molar-refractivity contribution in [3.8, 4) is 11.4 Å². The molecule has 2 aromatic carbocycles. The minimum absolute atomic E-state index is 0.161. The van der Waals surface area contributed by atoms with Crippen LogP contribution in [0.25, 0.3) is 22.4 Å². The molecule has 19 heavy (non-hydrogen) atoms. The molecule has 1 aromatic heterocycles. The molecule has 0 unspecified atom stereocenters. The Morgan fingerprint density at radius 1 is 1.21 bits per heavy atom. The number of imidazole rings is 1. The molecule has 0 atom stereocenters. The molecule has 3 aromatic rings. The van der Waals surface area contributed by atoms with Gasteiger partial charge in [-0.25, -0.2) is 13.8 Å². The first-order valence-electron chi connectivity index (χ1n) is 5.66. The van der Waals surface area contributed by atoms with Crippen molar-refractivity contribution in [3.63, 3.8) is 0 Å². The second kappa shape index (κ2) is 4.56. The zero-order chi connectivity index (χ0) is 13.6. The molecule has 0 aliphatic heterocycles. The Balaban J connectivity index is 2.26. The smallest absolute Gasteiger partial charge is 0.153 e. The van der Waals surface area contributed by atoms with Crippen molar-refractivity contribution in [3.05, 3.63) is 51.1 Å². The van der Waals surface area contributed by atoms with E-state index in [1.165, 1.54) is 6.07 Å². The number of H-pyrrole nitrogens is 1. The number of fused-ring (bicyclic) bond motifs is 1. The monoisotopic (exact) mass is 370 g/mol. The number of hydrogen-bond acceptors (Lipinski definition) is 1. The van der Waals surface area contributed by atoms with E-state index in [1.54, 1.807) is 0 Å². The Labute approximate surface area is 122 Å². The van der Waals surface area contributed by atoms with E-state index >= 15 is 0 Å².